The standard InChI is InChI=1S/C18H18BrNO5/c1-11-8-13(19)10-20-17(11)25-16-9-14(24-7-6-23-3)4-5-15(16)12(2)18(21)22/h4-5,8-10H,2,6-7H2,1,3H3,(H,21,22). The molecule has 25 heavy (non-hydrogen) atoms. The van der Waals surface area contributed by atoms with E-state index in [1.807, 2.05) is 13.0 Å². The Morgan fingerprint density at radius 2 is 2.08 bits per heavy atom. The lowest BCUT2D eigenvalue weighted by Gasteiger charge is -2.14. The Labute approximate surface area is 154 Å². The summed E-state index contributed by atoms with van der Waals surface area (Å²) in [5, 5.41) is 9.23. The summed E-state index contributed by atoms with van der Waals surface area (Å²) in [6.45, 7) is 6.25. The molecule has 0 unspecified atom stereocenters. The van der Waals surface area contributed by atoms with Crippen LogP contribution >= 0.6 is 15.9 Å². The van der Waals surface area contributed by atoms with Crippen molar-refractivity contribution in [2.24, 2.45) is 0 Å². The number of carboxylic acids is 1. The van der Waals surface area contributed by atoms with Crippen LogP contribution in [0.5, 0.6) is 17.4 Å². The van der Waals surface area contributed by atoms with E-state index in [4.69, 9.17) is 14.2 Å². The molecule has 2 rings (SSSR count). The van der Waals surface area contributed by atoms with Crippen LogP contribution in [-0.2, 0) is 9.53 Å². The normalized spacial score (nSPS) is 10.4. The van der Waals surface area contributed by atoms with Gasteiger partial charge in [0, 0.05) is 35.0 Å². The molecule has 1 aromatic carbocycles. The SMILES string of the molecule is C=C(C(=O)O)c1ccc(OCCOC)cc1Oc1ncc(Br)cc1C. The van der Waals surface area contributed by atoms with Gasteiger partial charge in [0.2, 0.25) is 5.88 Å². The van der Waals surface area contributed by atoms with Crippen molar-refractivity contribution >= 4 is 27.5 Å². The molecule has 2 aromatic rings. The lowest BCUT2D eigenvalue weighted by atomic mass is 10.1. The number of carboxylic acid groups (broad SMARTS) is 1. The Morgan fingerprint density at radius 3 is 2.72 bits per heavy atom. The molecule has 0 aliphatic carbocycles. The number of hydrogen-bond acceptors (Lipinski definition) is 5. The van der Waals surface area contributed by atoms with Gasteiger partial charge < -0.3 is 19.3 Å². The lowest BCUT2D eigenvalue weighted by Crippen LogP contribution is -2.05. The zero-order valence-corrected chi connectivity index (χ0v) is 15.5. The van der Waals surface area contributed by atoms with Gasteiger partial charge in [0.15, 0.2) is 0 Å². The number of nitrogens with zero attached hydrogens (tertiary/aromatic N) is 1. The molecule has 0 fully saturated rings. The Bertz CT molecular complexity index is 791. The molecule has 0 spiro atoms. The van der Waals surface area contributed by atoms with Crippen molar-refractivity contribution in [2.75, 3.05) is 20.3 Å². The van der Waals surface area contributed by atoms with Crippen LogP contribution in [0.1, 0.15) is 11.1 Å². The van der Waals surface area contributed by atoms with Crippen LogP contribution in [-0.4, -0.2) is 36.4 Å². The topological polar surface area (TPSA) is 77.9 Å². The summed E-state index contributed by atoms with van der Waals surface area (Å²) >= 11 is 3.34. The van der Waals surface area contributed by atoms with Gasteiger partial charge in [0.25, 0.3) is 0 Å². The minimum Gasteiger partial charge on any atom is -0.491 e. The second-order valence-electron chi connectivity index (χ2n) is 5.16. The summed E-state index contributed by atoms with van der Waals surface area (Å²) in [5.41, 5.74) is 1.08. The zero-order chi connectivity index (χ0) is 18.4. The number of aliphatic carboxylic acids is 1. The highest BCUT2D eigenvalue weighted by molar-refractivity contribution is 9.10. The molecule has 0 saturated carbocycles. The lowest BCUT2D eigenvalue weighted by molar-refractivity contribution is -0.130. The first kappa shape index (κ1) is 19.0. The molecule has 0 saturated heterocycles. The van der Waals surface area contributed by atoms with Crippen LogP contribution < -0.4 is 9.47 Å². The van der Waals surface area contributed by atoms with Crippen molar-refractivity contribution in [3.63, 3.8) is 0 Å². The van der Waals surface area contributed by atoms with E-state index in [0.29, 0.717) is 36.2 Å². The molecule has 0 aliphatic heterocycles. The van der Waals surface area contributed by atoms with Crippen molar-refractivity contribution in [3.05, 3.63) is 52.6 Å². The number of carbonyl (C=O) groups is 1. The first-order valence-electron chi connectivity index (χ1n) is 7.40. The Kier molecular flexibility index (Phi) is 6.55. The molecule has 6 nitrogen and oxygen atoms in total. The second-order valence-corrected chi connectivity index (χ2v) is 6.08. The van der Waals surface area contributed by atoms with Gasteiger partial charge in [0.1, 0.15) is 18.1 Å². The molecular formula is C18H18BrNO5. The number of aromatic nitrogens is 1. The highest BCUT2D eigenvalue weighted by atomic mass is 79.9. The van der Waals surface area contributed by atoms with Crippen molar-refractivity contribution in [1.82, 2.24) is 4.98 Å². The number of hydrogen-bond donors (Lipinski definition) is 1. The first-order valence-corrected chi connectivity index (χ1v) is 8.20. The van der Waals surface area contributed by atoms with Crippen molar-refractivity contribution in [3.8, 4) is 17.4 Å². The third-order valence-electron chi connectivity index (χ3n) is 3.30. The predicted octanol–water partition coefficient (Wildman–Crippen LogP) is 4.07. The third kappa shape index (κ3) is 5.04. The van der Waals surface area contributed by atoms with Gasteiger partial charge in [-0.15, -0.1) is 0 Å². The molecule has 7 heteroatoms. The molecule has 1 aromatic heterocycles. The number of pyridine rings is 1. The van der Waals surface area contributed by atoms with E-state index in [9.17, 15) is 9.90 Å². The average Bonchev–Trinajstić information content (AvgIpc) is 2.57. The van der Waals surface area contributed by atoms with Gasteiger partial charge in [-0.25, -0.2) is 9.78 Å². The van der Waals surface area contributed by atoms with Crippen LogP contribution in [0, 0.1) is 6.92 Å². The quantitative estimate of drug-likeness (QED) is 0.524. The number of benzene rings is 1. The minimum absolute atomic E-state index is 0.0757. The molecule has 1 N–H and O–H groups in total. The fourth-order valence-corrected chi connectivity index (χ4v) is 2.47. The van der Waals surface area contributed by atoms with E-state index in [0.717, 1.165) is 10.0 Å². The molecule has 132 valence electrons. The third-order valence-corrected chi connectivity index (χ3v) is 3.73. The van der Waals surface area contributed by atoms with Crippen molar-refractivity contribution in [2.45, 2.75) is 6.92 Å². The fourth-order valence-electron chi connectivity index (χ4n) is 2.02. The van der Waals surface area contributed by atoms with Crippen LogP contribution in [0.2, 0.25) is 0 Å². The van der Waals surface area contributed by atoms with E-state index >= 15 is 0 Å². The van der Waals surface area contributed by atoms with E-state index in [1.165, 1.54) is 0 Å². The van der Waals surface area contributed by atoms with E-state index in [1.54, 1.807) is 31.5 Å². The van der Waals surface area contributed by atoms with Crippen LogP contribution in [0.3, 0.4) is 0 Å². The minimum atomic E-state index is -1.13. The van der Waals surface area contributed by atoms with E-state index < -0.39 is 5.97 Å². The number of methoxy groups -OCH3 is 1. The summed E-state index contributed by atoms with van der Waals surface area (Å²) in [6.07, 6.45) is 1.60. The molecular weight excluding hydrogens is 390 g/mol. The second kappa shape index (κ2) is 8.64. The largest absolute Gasteiger partial charge is 0.491 e. The molecule has 1 heterocycles. The van der Waals surface area contributed by atoms with Gasteiger partial charge in [-0.05, 0) is 41.1 Å². The smallest absolute Gasteiger partial charge is 0.335 e. The van der Waals surface area contributed by atoms with Crippen LogP contribution in [0.15, 0.2) is 41.5 Å². The molecule has 0 aliphatic rings. The van der Waals surface area contributed by atoms with E-state index in [-0.39, 0.29) is 5.57 Å². The molecule has 0 atom stereocenters. The Balaban J connectivity index is 2.37. The Morgan fingerprint density at radius 1 is 1.32 bits per heavy atom. The zero-order valence-electron chi connectivity index (χ0n) is 13.9. The average molecular weight is 408 g/mol. The van der Waals surface area contributed by atoms with E-state index in [2.05, 4.69) is 27.5 Å². The predicted molar refractivity (Wildman–Crippen MR) is 97.2 cm³/mol. The number of halogens is 1. The molecule has 0 radical (unpaired) electrons. The van der Waals surface area contributed by atoms with Gasteiger partial charge in [0.05, 0.1) is 12.2 Å². The van der Waals surface area contributed by atoms with Gasteiger partial charge in [-0.3, -0.25) is 0 Å². The van der Waals surface area contributed by atoms with Crippen LogP contribution in [0.4, 0.5) is 0 Å². The highest BCUT2D eigenvalue weighted by Crippen LogP contribution is 2.34. The summed E-state index contributed by atoms with van der Waals surface area (Å²) in [5.74, 6) is 0.0825. The summed E-state index contributed by atoms with van der Waals surface area (Å²) in [7, 11) is 1.58. The first-order chi connectivity index (χ1) is 11.9. The number of aryl methyl sites for hydroxylation is 1. The fraction of sp³-hybridized carbons (Fsp3) is 0.222. The summed E-state index contributed by atoms with van der Waals surface area (Å²) in [6, 6.07) is 6.73. The number of rotatable bonds is 8. The maximum absolute atomic E-state index is 11.3. The maximum atomic E-state index is 11.3. The van der Waals surface area contributed by atoms with Crippen molar-refractivity contribution in [1.29, 1.82) is 0 Å². The van der Waals surface area contributed by atoms with Crippen molar-refractivity contribution < 1.29 is 24.1 Å². The number of ether oxygens (including phenoxy) is 3. The summed E-state index contributed by atoms with van der Waals surface area (Å²) < 4.78 is 17.2. The van der Waals surface area contributed by atoms with Crippen LogP contribution in [0.25, 0.3) is 5.57 Å². The Hall–Kier alpha value is -2.38. The van der Waals surface area contributed by atoms with Gasteiger partial charge >= 0.3 is 5.97 Å². The highest BCUT2D eigenvalue weighted by Gasteiger charge is 2.16. The molecule has 0 amide bonds. The monoisotopic (exact) mass is 407 g/mol. The molecule has 0 bridgehead atoms. The maximum Gasteiger partial charge on any atom is 0.335 e. The van der Waals surface area contributed by atoms with Gasteiger partial charge in [-0.1, -0.05) is 6.58 Å². The summed E-state index contributed by atoms with van der Waals surface area (Å²) in [4.78, 5) is 15.5. The van der Waals surface area contributed by atoms with Gasteiger partial charge in [-0.2, -0.15) is 0 Å².